The Balaban J connectivity index is 2.04. The molecule has 0 bridgehead atoms. The first kappa shape index (κ1) is 13.5. The quantitative estimate of drug-likeness (QED) is 0.759. The van der Waals surface area contributed by atoms with E-state index in [0.717, 1.165) is 25.9 Å². The van der Waals surface area contributed by atoms with Gasteiger partial charge in [-0.2, -0.15) is 0 Å². The number of hydrogen-bond acceptors (Lipinski definition) is 4. The van der Waals surface area contributed by atoms with Crippen molar-refractivity contribution in [3.63, 3.8) is 0 Å². The Labute approximate surface area is 111 Å². The Morgan fingerprint density at radius 2 is 2.05 bits per heavy atom. The fraction of sp³-hybridized carbons (Fsp3) is 0.462. The molecule has 0 atom stereocenters. The SMILES string of the molecule is CC1(C(=O)Nc2ccc(C(=O)O)nc2)CCNCC1. The zero-order chi connectivity index (χ0) is 13.9. The van der Waals surface area contributed by atoms with Crippen molar-refractivity contribution in [3.8, 4) is 0 Å². The van der Waals surface area contributed by atoms with Gasteiger partial charge in [-0.25, -0.2) is 9.78 Å². The van der Waals surface area contributed by atoms with Crippen molar-refractivity contribution in [2.24, 2.45) is 5.41 Å². The number of nitrogens with one attached hydrogen (secondary N) is 2. The van der Waals surface area contributed by atoms with Crippen molar-refractivity contribution >= 4 is 17.6 Å². The van der Waals surface area contributed by atoms with Crippen molar-refractivity contribution in [2.45, 2.75) is 19.8 Å². The van der Waals surface area contributed by atoms with Gasteiger partial charge in [0.1, 0.15) is 5.69 Å². The summed E-state index contributed by atoms with van der Waals surface area (Å²) in [5, 5.41) is 14.8. The highest BCUT2D eigenvalue weighted by molar-refractivity contribution is 5.95. The Morgan fingerprint density at radius 1 is 1.37 bits per heavy atom. The number of pyridine rings is 1. The van der Waals surface area contributed by atoms with Crippen LogP contribution < -0.4 is 10.6 Å². The van der Waals surface area contributed by atoms with Crippen molar-refractivity contribution in [1.82, 2.24) is 10.3 Å². The van der Waals surface area contributed by atoms with Gasteiger partial charge in [-0.05, 0) is 38.1 Å². The minimum Gasteiger partial charge on any atom is -0.477 e. The lowest BCUT2D eigenvalue weighted by atomic mass is 9.80. The predicted molar refractivity (Wildman–Crippen MR) is 70.0 cm³/mol. The third-order valence-electron chi connectivity index (χ3n) is 3.50. The van der Waals surface area contributed by atoms with Gasteiger partial charge in [0.2, 0.25) is 5.91 Å². The molecule has 0 spiro atoms. The number of amides is 1. The number of anilines is 1. The maximum Gasteiger partial charge on any atom is 0.354 e. The molecule has 2 heterocycles. The highest BCUT2D eigenvalue weighted by Gasteiger charge is 2.34. The monoisotopic (exact) mass is 263 g/mol. The molecule has 19 heavy (non-hydrogen) atoms. The molecular formula is C13H17N3O3. The van der Waals surface area contributed by atoms with Crippen LogP contribution in [0.1, 0.15) is 30.3 Å². The number of carboxylic acids is 1. The van der Waals surface area contributed by atoms with E-state index in [-0.39, 0.29) is 17.0 Å². The van der Waals surface area contributed by atoms with E-state index >= 15 is 0 Å². The summed E-state index contributed by atoms with van der Waals surface area (Å²) in [6, 6.07) is 2.93. The zero-order valence-corrected chi connectivity index (χ0v) is 10.8. The lowest BCUT2D eigenvalue weighted by molar-refractivity contribution is -0.126. The van der Waals surface area contributed by atoms with Gasteiger partial charge in [-0.1, -0.05) is 6.92 Å². The van der Waals surface area contributed by atoms with Crippen molar-refractivity contribution in [1.29, 1.82) is 0 Å². The molecule has 1 aromatic heterocycles. The summed E-state index contributed by atoms with van der Waals surface area (Å²) in [7, 11) is 0. The van der Waals surface area contributed by atoms with Gasteiger partial charge in [0.15, 0.2) is 0 Å². The molecule has 6 nitrogen and oxygen atoms in total. The van der Waals surface area contributed by atoms with Crippen LogP contribution in [0.3, 0.4) is 0 Å². The lowest BCUT2D eigenvalue weighted by Crippen LogP contribution is -2.42. The van der Waals surface area contributed by atoms with Crippen molar-refractivity contribution < 1.29 is 14.7 Å². The van der Waals surface area contributed by atoms with E-state index in [4.69, 9.17) is 5.11 Å². The number of aromatic nitrogens is 1. The van der Waals surface area contributed by atoms with Crippen LogP contribution in [-0.4, -0.2) is 35.1 Å². The van der Waals surface area contributed by atoms with Gasteiger partial charge >= 0.3 is 5.97 Å². The Morgan fingerprint density at radius 3 is 2.58 bits per heavy atom. The summed E-state index contributed by atoms with van der Waals surface area (Å²) >= 11 is 0. The molecule has 1 aliphatic rings. The second kappa shape index (κ2) is 5.36. The second-order valence-electron chi connectivity index (χ2n) is 5.00. The van der Waals surface area contributed by atoms with Crippen LogP contribution in [0.5, 0.6) is 0 Å². The molecule has 1 amide bonds. The highest BCUT2D eigenvalue weighted by atomic mass is 16.4. The maximum atomic E-state index is 12.2. The minimum absolute atomic E-state index is 0.0360. The number of rotatable bonds is 3. The molecule has 0 radical (unpaired) electrons. The topological polar surface area (TPSA) is 91.3 Å². The second-order valence-corrected chi connectivity index (χ2v) is 5.00. The van der Waals surface area contributed by atoms with Crippen molar-refractivity contribution in [2.75, 3.05) is 18.4 Å². The normalized spacial score (nSPS) is 17.7. The van der Waals surface area contributed by atoms with E-state index in [1.165, 1.54) is 12.3 Å². The molecular weight excluding hydrogens is 246 g/mol. The predicted octanol–water partition coefficient (Wildman–Crippen LogP) is 1.11. The molecule has 102 valence electrons. The number of carbonyl (C=O) groups is 2. The van der Waals surface area contributed by atoms with E-state index in [2.05, 4.69) is 15.6 Å². The summed E-state index contributed by atoms with van der Waals surface area (Å²) in [5.74, 6) is -1.12. The molecule has 0 unspecified atom stereocenters. The lowest BCUT2D eigenvalue weighted by Gasteiger charge is -2.32. The van der Waals surface area contributed by atoms with Crippen molar-refractivity contribution in [3.05, 3.63) is 24.0 Å². The molecule has 1 fully saturated rings. The van der Waals surface area contributed by atoms with Gasteiger partial charge < -0.3 is 15.7 Å². The van der Waals surface area contributed by atoms with E-state index in [1.54, 1.807) is 6.07 Å². The molecule has 2 rings (SSSR count). The summed E-state index contributed by atoms with van der Waals surface area (Å²) in [4.78, 5) is 26.7. The third kappa shape index (κ3) is 3.08. The van der Waals surface area contributed by atoms with Crippen LogP contribution in [0.25, 0.3) is 0 Å². The first-order valence-corrected chi connectivity index (χ1v) is 6.23. The summed E-state index contributed by atoms with van der Waals surface area (Å²) in [5.41, 5.74) is 0.109. The molecule has 0 aromatic carbocycles. The van der Waals surface area contributed by atoms with E-state index in [9.17, 15) is 9.59 Å². The Kier molecular flexibility index (Phi) is 3.80. The minimum atomic E-state index is -1.08. The summed E-state index contributed by atoms with van der Waals surface area (Å²) in [6.07, 6.45) is 2.95. The highest BCUT2D eigenvalue weighted by Crippen LogP contribution is 2.29. The number of piperidine rings is 1. The molecule has 6 heteroatoms. The average molecular weight is 263 g/mol. The zero-order valence-electron chi connectivity index (χ0n) is 10.8. The van der Waals surface area contributed by atoms with Crippen LogP contribution in [0.4, 0.5) is 5.69 Å². The number of carbonyl (C=O) groups excluding carboxylic acids is 1. The number of carboxylic acid groups (broad SMARTS) is 1. The maximum absolute atomic E-state index is 12.2. The van der Waals surface area contributed by atoms with Crippen LogP contribution in [0, 0.1) is 5.41 Å². The first-order chi connectivity index (χ1) is 9.01. The van der Waals surface area contributed by atoms with Gasteiger partial charge in [0, 0.05) is 5.41 Å². The van der Waals surface area contributed by atoms with Crippen LogP contribution in [0.2, 0.25) is 0 Å². The molecule has 3 N–H and O–H groups in total. The molecule has 0 saturated carbocycles. The summed E-state index contributed by atoms with van der Waals surface area (Å²) in [6.45, 7) is 3.61. The van der Waals surface area contributed by atoms with Gasteiger partial charge in [0.05, 0.1) is 11.9 Å². The van der Waals surface area contributed by atoms with Crippen LogP contribution in [0.15, 0.2) is 18.3 Å². The largest absolute Gasteiger partial charge is 0.477 e. The first-order valence-electron chi connectivity index (χ1n) is 6.23. The molecule has 1 aliphatic heterocycles. The average Bonchev–Trinajstić information content (AvgIpc) is 2.40. The molecule has 1 saturated heterocycles. The number of hydrogen-bond donors (Lipinski definition) is 3. The van der Waals surface area contributed by atoms with Crippen LogP contribution >= 0.6 is 0 Å². The number of nitrogens with zero attached hydrogens (tertiary/aromatic N) is 1. The Hall–Kier alpha value is -1.95. The van der Waals surface area contributed by atoms with Gasteiger partial charge in [-0.3, -0.25) is 4.79 Å². The number of aromatic carboxylic acids is 1. The Bertz CT molecular complexity index is 478. The fourth-order valence-corrected chi connectivity index (χ4v) is 2.08. The fourth-order valence-electron chi connectivity index (χ4n) is 2.08. The molecule has 0 aliphatic carbocycles. The van der Waals surface area contributed by atoms with Gasteiger partial charge in [-0.15, -0.1) is 0 Å². The summed E-state index contributed by atoms with van der Waals surface area (Å²) < 4.78 is 0. The van der Waals surface area contributed by atoms with Gasteiger partial charge in [0.25, 0.3) is 0 Å². The third-order valence-corrected chi connectivity index (χ3v) is 3.50. The standard InChI is InChI=1S/C13H17N3O3/c1-13(4-6-14-7-5-13)12(19)16-9-2-3-10(11(17)18)15-8-9/h2-3,8,14H,4-7H2,1H3,(H,16,19)(H,17,18). The van der Waals surface area contributed by atoms with E-state index in [1.807, 2.05) is 6.92 Å². The van der Waals surface area contributed by atoms with E-state index < -0.39 is 5.97 Å². The molecule has 1 aromatic rings. The smallest absolute Gasteiger partial charge is 0.354 e. The van der Waals surface area contributed by atoms with Crippen LogP contribution in [-0.2, 0) is 4.79 Å². The van der Waals surface area contributed by atoms with E-state index in [0.29, 0.717) is 5.69 Å².